The van der Waals surface area contributed by atoms with Gasteiger partial charge in [-0.25, -0.2) is 9.97 Å². The Balaban J connectivity index is 1.30. The average Bonchev–Trinajstić information content (AvgIpc) is 2.82. The van der Waals surface area contributed by atoms with Gasteiger partial charge in [-0.15, -0.1) is 0 Å². The van der Waals surface area contributed by atoms with Gasteiger partial charge in [-0.3, -0.25) is 9.80 Å². The van der Waals surface area contributed by atoms with Gasteiger partial charge < -0.3 is 15.2 Å². The number of β-amino-alcohol motifs (C(OH)–C–C–N with tert-alkyl or cyclic N) is 1. The zero-order valence-electron chi connectivity index (χ0n) is 17.9. The third-order valence-corrected chi connectivity index (χ3v) is 5.57. The van der Waals surface area contributed by atoms with Crippen LogP contribution in [0.2, 0.25) is 0 Å². The van der Waals surface area contributed by atoms with Crippen molar-refractivity contribution in [3.05, 3.63) is 66.5 Å². The summed E-state index contributed by atoms with van der Waals surface area (Å²) in [6.07, 6.45) is 3.64. The highest BCUT2D eigenvalue weighted by molar-refractivity contribution is 5.63. The van der Waals surface area contributed by atoms with Gasteiger partial charge in [0, 0.05) is 62.9 Å². The Bertz CT molecular complexity index is 937. The number of nitrogens with zero attached hydrogens (tertiary/aromatic N) is 4. The van der Waals surface area contributed by atoms with Crippen LogP contribution in [-0.2, 0) is 6.54 Å². The van der Waals surface area contributed by atoms with E-state index in [4.69, 9.17) is 9.84 Å². The maximum atomic E-state index is 9.06. The normalized spacial score (nSPS) is 15.0. The SMILES string of the molecule is COc1ccc(-c2cnc(Nc3ccc(CN4CCN(CCO)CC4)cc3)nc2)cc1. The lowest BCUT2D eigenvalue weighted by Crippen LogP contribution is -2.46. The van der Waals surface area contributed by atoms with Crippen molar-refractivity contribution in [2.45, 2.75) is 6.54 Å². The van der Waals surface area contributed by atoms with Crippen LogP contribution in [0.15, 0.2) is 60.9 Å². The zero-order valence-corrected chi connectivity index (χ0v) is 17.9. The maximum Gasteiger partial charge on any atom is 0.227 e. The van der Waals surface area contributed by atoms with Crippen LogP contribution in [0.1, 0.15) is 5.56 Å². The molecule has 31 heavy (non-hydrogen) atoms. The number of aliphatic hydroxyl groups is 1. The highest BCUT2D eigenvalue weighted by atomic mass is 16.5. The van der Waals surface area contributed by atoms with Gasteiger partial charge in [-0.05, 0) is 35.4 Å². The Hall–Kier alpha value is -3.00. The van der Waals surface area contributed by atoms with Crippen molar-refractivity contribution < 1.29 is 9.84 Å². The molecule has 1 fully saturated rings. The first-order valence-electron chi connectivity index (χ1n) is 10.6. The molecule has 2 aromatic carbocycles. The van der Waals surface area contributed by atoms with Gasteiger partial charge in [-0.1, -0.05) is 24.3 Å². The van der Waals surface area contributed by atoms with Crippen molar-refractivity contribution in [3.63, 3.8) is 0 Å². The van der Waals surface area contributed by atoms with E-state index < -0.39 is 0 Å². The average molecular weight is 420 g/mol. The van der Waals surface area contributed by atoms with Gasteiger partial charge in [0.2, 0.25) is 5.95 Å². The summed E-state index contributed by atoms with van der Waals surface area (Å²) in [6.45, 7) is 6.07. The molecule has 0 atom stereocenters. The minimum Gasteiger partial charge on any atom is -0.497 e. The molecule has 7 heteroatoms. The second-order valence-corrected chi connectivity index (χ2v) is 7.69. The quantitative estimate of drug-likeness (QED) is 0.581. The Morgan fingerprint density at radius 1 is 0.871 bits per heavy atom. The van der Waals surface area contributed by atoms with Crippen LogP contribution >= 0.6 is 0 Å². The molecule has 1 aliphatic heterocycles. The Labute approximate surface area is 183 Å². The van der Waals surface area contributed by atoms with E-state index in [0.717, 1.165) is 61.8 Å². The van der Waals surface area contributed by atoms with Crippen LogP contribution in [0.3, 0.4) is 0 Å². The first kappa shape index (κ1) is 21.2. The minimum absolute atomic E-state index is 0.238. The number of nitrogens with one attached hydrogen (secondary N) is 1. The number of anilines is 2. The zero-order chi connectivity index (χ0) is 21.5. The van der Waals surface area contributed by atoms with E-state index >= 15 is 0 Å². The summed E-state index contributed by atoms with van der Waals surface area (Å²) in [5.74, 6) is 1.40. The van der Waals surface area contributed by atoms with Crippen LogP contribution in [-0.4, -0.2) is 71.3 Å². The topological polar surface area (TPSA) is 73.8 Å². The first-order chi connectivity index (χ1) is 15.2. The smallest absolute Gasteiger partial charge is 0.227 e. The van der Waals surface area contributed by atoms with Crippen molar-refractivity contribution in [1.82, 2.24) is 19.8 Å². The van der Waals surface area contributed by atoms with Gasteiger partial charge >= 0.3 is 0 Å². The van der Waals surface area contributed by atoms with E-state index in [1.54, 1.807) is 7.11 Å². The summed E-state index contributed by atoms with van der Waals surface area (Å²) in [7, 11) is 1.66. The van der Waals surface area contributed by atoms with Crippen molar-refractivity contribution in [2.75, 3.05) is 51.8 Å². The standard InChI is InChI=1S/C24H29N5O2/c1-31-23-8-4-20(5-9-23)21-16-25-24(26-17-21)27-22-6-2-19(3-7-22)18-29-12-10-28(11-13-29)14-15-30/h2-9,16-17,30H,10-15,18H2,1H3,(H,25,26,27). The van der Waals surface area contributed by atoms with E-state index in [1.807, 2.05) is 36.7 Å². The molecule has 0 aliphatic carbocycles. The van der Waals surface area contributed by atoms with Crippen LogP contribution in [0.4, 0.5) is 11.6 Å². The predicted molar refractivity (Wildman–Crippen MR) is 123 cm³/mol. The lowest BCUT2D eigenvalue weighted by Gasteiger charge is -2.34. The van der Waals surface area contributed by atoms with Crippen molar-refractivity contribution in [2.24, 2.45) is 0 Å². The monoisotopic (exact) mass is 419 g/mol. The first-order valence-corrected chi connectivity index (χ1v) is 10.6. The molecule has 1 aromatic heterocycles. The van der Waals surface area contributed by atoms with Crippen LogP contribution in [0.25, 0.3) is 11.1 Å². The number of ether oxygens (including phenoxy) is 1. The number of aromatic nitrogens is 2. The Morgan fingerprint density at radius 3 is 2.13 bits per heavy atom. The molecule has 7 nitrogen and oxygen atoms in total. The third kappa shape index (κ3) is 5.79. The summed E-state index contributed by atoms with van der Waals surface area (Å²) in [5.41, 5.74) is 4.27. The van der Waals surface area contributed by atoms with E-state index in [9.17, 15) is 0 Å². The Morgan fingerprint density at radius 2 is 1.52 bits per heavy atom. The molecule has 0 radical (unpaired) electrons. The highest BCUT2D eigenvalue weighted by Gasteiger charge is 2.16. The third-order valence-electron chi connectivity index (χ3n) is 5.57. The molecule has 0 bridgehead atoms. The summed E-state index contributed by atoms with van der Waals surface area (Å²) in [5, 5.41) is 12.3. The van der Waals surface area contributed by atoms with Gasteiger partial charge in [0.05, 0.1) is 13.7 Å². The molecule has 0 spiro atoms. The van der Waals surface area contributed by atoms with Crippen LogP contribution < -0.4 is 10.1 Å². The fourth-order valence-electron chi connectivity index (χ4n) is 3.72. The van der Waals surface area contributed by atoms with E-state index in [1.165, 1.54) is 5.56 Å². The number of hydrogen-bond donors (Lipinski definition) is 2. The largest absolute Gasteiger partial charge is 0.497 e. The van der Waals surface area contributed by atoms with E-state index in [0.29, 0.717) is 5.95 Å². The summed E-state index contributed by atoms with van der Waals surface area (Å²) in [4.78, 5) is 13.7. The fourth-order valence-corrected chi connectivity index (χ4v) is 3.72. The molecule has 2 heterocycles. The van der Waals surface area contributed by atoms with E-state index in [-0.39, 0.29) is 6.61 Å². The maximum absolute atomic E-state index is 9.06. The molecule has 1 aliphatic rings. The lowest BCUT2D eigenvalue weighted by molar-refractivity contribution is 0.108. The molecule has 4 rings (SSSR count). The highest BCUT2D eigenvalue weighted by Crippen LogP contribution is 2.22. The molecule has 3 aromatic rings. The van der Waals surface area contributed by atoms with Gasteiger partial charge in [0.1, 0.15) is 5.75 Å². The number of hydrogen-bond acceptors (Lipinski definition) is 7. The summed E-state index contributed by atoms with van der Waals surface area (Å²) >= 11 is 0. The molecule has 0 unspecified atom stereocenters. The van der Waals surface area contributed by atoms with Crippen molar-refractivity contribution in [1.29, 1.82) is 0 Å². The van der Waals surface area contributed by atoms with Crippen LogP contribution in [0, 0.1) is 0 Å². The molecule has 2 N–H and O–H groups in total. The minimum atomic E-state index is 0.238. The second kappa shape index (κ2) is 10.3. The van der Waals surface area contributed by atoms with E-state index in [2.05, 4.69) is 49.4 Å². The molecular formula is C24H29N5O2. The molecule has 162 valence electrons. The number of rotatable bonds is 8. The number of aliphatic hydroxyl groups excluding tert-OH is 1. The summed E-state index contributed by atoms with van der Waals surface area (Å²) in [6, 6.07) is 16.3. The second-order valence-electron chi connectivity index (χ2n) is 7.69. The summed E-state index contributed by atoms with van der Waals surface area (Å²) < 4.78 is 5.20. The lowest BCUT2D eigenvalue weighted by atomic mass is 10.1. The van der Waals surface area contributed by atoms with Crippen molar-refractivity contribution >= 4 is 11.6 Å². The number of methoxy groups -OCH3 is 1. The molecule has 0 amide bonds. The van der Waals surface area contributed by atoms with Crippen molar-refractivity contribution in [3.8, 4) is 16.9 Å². The molecular weight excluding hydrogens is 390 g/mol. The Kier molecular flexibility index (Phi) is 7.09. The molecule has 1 saturated heterocycles. The van der Waals surface area contributed by atoms with Gasteiger partial charge in [-0.2, -0.15) is 0 Å². The van der Waals surface area contributed by atoms with Crippen LogP contribution in [0.5, 0.6) is 5.75 Å². The molecule has 0 saturated carbocycles. The van der Waals surface area contributed by atoms with Gasteiger partial charge in [0.25, 0.3) is 0 Å². The predicted octanol–water partition coefficient (Wildman–Crippen LogP) is 3.01. The fraction of sp³-hybridized carbons (Fsp3) is 0.333. The van der Waals surface area contributed by atoms with Gasteiger partial charge in [0.15, 0.2) is 0 Å². The number of piperazine rings is 1. The number of benzene rings is 2.